The lowest BCUT2D eigenvalue weighted by molar-refractivity contribution is 0.0623. The summed E-state index contributed by atoms with van der Waals surface area (Å²) in [6.45, 7) is 7.27. The Bertz CT molecular complexity index is 701. The third-order valence-electron chi connectivity index (χ3n) is 5.22. The van der Waals surface area contributed by atoms with Crippen molar-refractivity contribution in [1.82, 2.24) is 30.1 Å². The second-order valence-corrected chi connectivity index (χ2v) is 8.22. The quantitative estimate of drug-likeness (QED) is 0.854. The number of amides is 1. The van der Waals surface area contributed by atoms with Crippen LogP contribution in [0.1, 0.15) is 28.2 Å². The smallest absolute Gasteiger partial charge is 0.276 e. The first-order valence-electron chi connectivity index (χ1n) is 9.43. The zero-order valence-electron chi connectivity index (χ0n) is 15.0. The number of aromatic nitrogens is 3. The fourth-order valence-electron chi connectivity index (χ4n) is 3.72. The van der Waals surface area contributed by atoms with Gasteiger partial charge in [-0.1, -0.05) is 11.3 Å². The Morgan fingerprint density at radius 2 is 2.19 bits per heavy atom. The van der Waals surface area contributed by atoms with Crippen molar-refractivity contribution in [3.63, 3.8) is 0 Å². The van der Waals surface area contributed by atoms with Crippen LogP contribution in [0.5, 0.6) is 0 Å². The van der Waals surface area contributed by atoms with Crippen LogP contribution in [0.3, 0.4) is 0 Å². The van der Waals surface area contributed by atoms with E-state index in [1.165, 1.54) is 17.7 Å². The third-order valence-corrected chi connectivity index (χ3v) is 6.08. The highest BCUT2D eigenvalue weighted by Gasteiger charge is 2.24. The molecular formula is C18H26N6OS. The van der Waals surface area contributed by atoms with Crippen molar-refractivity contribution in [1.29, 1.82) is 0 Å². The van der Waals surface area contributed by atoms with Crippen LogP contribution in [0.25, 0.3) is 0 Å². The Labute approximate surface area is 158 Å². The maximum Gasteiger partial charge on any atom is 0.276 e. The summed E-state index contributed by atoms with van der Waals surface area (Å²) < 4.78 is 1.83. The van der Waals surface area contributed by atoms with Crippen molar-refractivity contribution in [2.24, 2.45) is 5.92 Å². The van der Waals surface area contributed by atoms with Gasteiger partial charge in [0.15, 0.2) is 5.69 Å². The largest absolute Gasteiger partial charge is 0.335 e. The molecule has 0 radical (unpaired) electrons. The monoisotopic (exact) mass is 374 g/mol. The van der Waals surface area contributed by atoms with Gasteiger partial charge in [-0.3, -0.25) is 14.4 Å². The minimum Gasteiger partial charge on any atom is -0.335 e. The lowest BCUT2D eigenvalue weighted by Gasteiger charge is -2.34. The maximum atomic E-state index is 12.7. The number of hydrogen-bond acceptors (Lipinski definition) is 6. The van der Waals surface area contributed by atoms with E-state index in [4.69, 9.17) is 0 Å². The van der Waals surface area contributed by atoms with Gasteiger partial charge in [0.05, 0.1) is 6.20 Å². The molecule has 2 fully saturated rings. The molecule has 2 aromatic rings. The van der Waals surface area contributed by atoms with Crippen LogP contribution < -0.4 is 5.32 Å². The normalized spacial score (nSPS) is 21.8. The van der Waals surface area contributed by atoms with Gasteiger partial charge in [0, 0.05) is 44.1 Å². The van der Waals surface area contributed by atoms with Gasteiger partial charge >= 0.3 is 0 Å². The summed E-state index contributed by atoms with van der Waals surface area (Å²) in [5.41, 5.74) is 0.473. The van der Waals surface area contributed by atoms with Crippen molar-refractivity contribution >= 4 is 17.2 Å². The number of rotatable bonds is 5. The standard InChI is InChI=1S/C18H26N6OS/c25-18(17-14-24(21-20-17)12-15-3-1-5-19-11-15)23-8-6-22(7-9-23)13-16-4-2-10-26-16/h2,4,10,14-15,19H,1,3,5-9,11-13H2/t15-/m0/s1. The molecule has 0 saturated carbocycles. The summed E-state index contributed by atoms with van der Waals surface area (Å²) in [6.07, 6.45) is 4.23. The van der Waals surface area contributed by atoms with E-state index in [-0.39, 0.29) is 5.91 Å². The average molecular weight is 375 g/mol. The van der Waals surface area contributed by atoms with Gasteiger partial charge in [0.2, 0.25) is 0 Å². The van der Waals surface area contributed by atoms with Gasteiger partial charge in [-0.15, -0.1) is 16.4 Å². The maximum absolute atomic E-state index is 12.7. The minimum atomic E-state index is 0.00814. The molecular weight excluding hydrogens is 348 g/mol. The van der Waals surface area contributed by atoms with E-state index >= 15 is 0 Å². The van der Waals surface area contributed by atoms with Gasteiger partial charge < -0.3 is 10.2 Å². The summed E-state index contributed by atoms with van der Waals surface area (Å²) in [5, 5.41) is 13.8. The summed E-state index contributed by atoms with van der Waals surface area (Å²) in [7, 11) is 0. The van der Waals surface area contributed by atoms with Crippen molar-refractivity contribution in [2.45, 2.75) is 25.9 Å². The number of hydrogen-bond donors (Lipinski definition) is 1. The molecule has 7 nitrogen and oxygen atoms in total. The number of nitrogens with one attached hydrogen (secondary N) is 1. The van der Waals surface area contributed by atoms with Crippen LogP contribution in [0.4, 0.5) is 0 Å². The molecule has 4 rings (SSSR count). The Morgan fingerprint density at radius 3 is 2.92 bits per heavy atom. The summed E-state index contributed by atoms with van der Waals surface area (Å²) in [6, 6.07) is 4.26. The highest BCUT2D eigenvalue weighted by molar-refractivity contribution is 7.09. The van der Waals surface area contributed by atoms with Crippen LogP contribution in [0.15, 0.2) is 23.7 Å². The van der Waals surface area contributed by atoms with E-state index in [0.29, 0.717) is 11.6 Å². The summed E-state index contributed by atoms with van der Waals surface area (Å²) >= 11 is 1.79. The molecule has 0 unspecified atom stereocenters. The Hall–Kier alpha value is -1.77. The summed E-state index contributed by atoms with van der Waals surface area (Å²) in [4.78, 5) is 18.4. The van der Waals surface area contributed by atoms with Crippen LogP contribution in [0.2, 0.25) is 0 Å². The SMILES string of the molecule is O=C(c1cn(C[C@H]2CCCNC2)nn1)N1CCN(Cc2cccs2)CC1. The topological polar surface area (TPSA) is 66.3 Å². The number of thiophene rings is 1. The fraction of sp³-hybridized carbons (Fsp3) is 0.611. The Kier molecular flexibility index (Phi) is 5.62. The first-order valence-corrected chi connectivity index (χ1v) is 10.3. The molecule has 0 spiro atoms. The first-order chi connectivity index (χ1) is 12.8. The van der Waals surface area contributed by atoms with Gasteiger partial charge in [-0.25, -0.2) is 0 Å². The lowest BCUT2D eigenvalue weighted by Crippen LogP contribution is -2.48. The Balaban J connectivity index is 1.28. The number of carbonyl (C=O) groups is 1. The highest BCUT2D eigenvalue weighted by atomic mass is 32.1. The van der Waals surface area contributed by atoms with Crippen molar-refractivity contribution in [2.75, 3.05) is 39.3 Å². The van der Waals surface area contributed by atoms with E-state index in [1.54, 1.807) is 11.3 Å². The van der Waals surface area contributed by atoms with Crippen LogP contribution in [-0.2, 0) is 13.1 Å². The van der Waals surface area contributed by atoms with Gasteiger partial charge in [0.25, 0.3) is 5.91 Å². The van der Waals surface area contributed by atoms with E-state index < -0.39 is 0 Å². The van der Waals surface area contributed by atoms with Crippen LogP contribution >= 0.6 is 11.3 Å². The molecule has 0 bridgehead atoms. The van der Waals surface area contributed by atoms with Gasteiger partial charge in [-0.2, -0.15) is 0 Å². The first kappa shape index (κ1) is 17.6. The van der Waals surface area contributed by atoms with E-state index in [9.17, 15) is 4.79 Å². The number of carbonyl (C=O) groups excluding carboxylic acids is 1. The second kappa shape index (κ2) is 8.28. The molecule has 1 amide bonds. The predicted octanol–water partition coefficient (Wildman–Crippen LogP) is 1.30. The van der Waals surface area contributed by atoms with Crippen molar-refractivity contribution < 1.29 is 4.79 Å². The van der Waals surface area contributed by atoms with Crippen LogP contribution in [-0.4, -0.2) is 70.0 Å². The highest BCUT2D eigenvalue weighted by Crippen LogP contribution is 2.15. The predicted molar refractivity (Wildman–Crippen MR) is 101 cm³/mol. The molecule has 0 aliphatic carbocycles. The molecule has 2 aromatic heterocycles. The zero-order chi connectivity index (χ0) is 17.8. The molecule has 8 heteroatoms. The van der Waals surface area contributed by atoms with Gasteiger partial charge in [0.1, 0.15) is 0 Å². The van der Waals surface area contributed by atoms with E-state index in [1.807, 2.05) is 15.8 Å². The molecule has 2 aliphatic heterocycles. The van der Waals surface area contributed by atoms with E-state index in [0.717, 1.165) is 52.4 Å². The van der Waals surface area contributed by atoms with E-state index in [2.05, 4.69) is 38.0 Å². The number of piperidine rings is 1. The van der Waals surface area contributed by atoms with Crippen molar-refractivity contribution in [3.05, 3.63) is 34.3 Å². The minimum absolute atomic E-state index is 0.00814. The lowest BCUT2D eigenvalue weighted by atomic mass is 10.00. The zero-order valence-corrected chi connectivity index (χ0v) is 15.8. The average Bonchev–Trinajstić information content (AvgIpc) is 3.35. The number of piperazine rings is 1. The fourth-order valence-corrected chi connectivity index (χ4v) is 4.47. The second-order valence-electron chi connectivity index (χ2n) is 7.19. The molecule has 26 heavy (non-hydrogen) atoms. The molecule has 1 atom stereocenters. The van der Waals surface area contributed by atoms with Gasteiger partial charge in [-0.05, 0) is 43.3 Å². The molecule has 0 aromatic carbocycles. The molecule has 2 aliphatic rings. The molecule has 140 valence electrons. The Morgan fingerprint density at radius 1 is 1.31 bits per heavy atom. The molecule has 1 N–H and O–H groups in total. The van der Waals surface area contributed by atoms with Crippen LogP contribution in [0, 0.1) is 5.92 Å². The summed E-state index contributed by atoms with van der Waals surface area (Å²) in [5.74, 6) is 0.586. The molecule has 2 saturated heterocycles. The number of nitrogens with zero attached hydrogens (tertiary/aromatic N) is 5. The van der Waals surface area contributed by atoms with Crippen molar-refractivity contribution in [3.8, 4) is 0 Å². The third kappa shape index (κ3) is 4.31. The molecule has 4 heterocycles.